The van der Waals surface area contributed by atoms with E-state index in [1.807, 2.05) is 59.5 Å². The molecule has 6 heteroatoms. The van der Waals surface area contributed by atoms with Crippen molar-refractivity contribution in [2.45, 2.75) is 18.8 Å². The monoisotopic (exact) mass is 407 g/mol. The van der Waals surface area contributed by atoms with Crippen molar-refractivity contribution in [3.8, 4) is 17.0 Å². The molecule has 1 saturated heterocycles. The van der Waals surface area contributed by atoms with Gasteiger partial charge in [-0.05, 0) is 37.1 Å². The fourth-order valence-corrected chi connectivity index (χ4v) is 3.75. The number of likely N-dealkylation sites (tertiary alicyclic amines) is 1. The first-order chi connectivity index (χ1) is 14.2. The lowest BCUT2D eigenvalue weighted by Gasteiger charge is -2.32. The quantitative estimate of drug-likeness (QED) is 0.621. The van der Waals surface area contributed by atoms with Crippen LogP contribution >= 0.6 is 11.6 Å². The predicted octanol–water partition coefficient (Wildman–Crippen LogP) is 4.58. The largest absolute Gasteiger partial charge is 0.484 e. The molecule has 0 spiro atoms. The van der Waals surface area contributed by atoms with Crippen molar-refractivity contribution in [1.82, 2.24) is 14.9 Å². The predicted molar refractivity (Wildman–Crippen MR) is 113 cm³/mol. The summed E-state index contributed by atoms with van der Waals surface area (Å²) in [4.78, 5) is 23.7. The number of hydrogen-bond donors (Lipinski definition) is 0. The van der Waals surface area contributed by atoms with Crippen LogP contribution in [0.15, 0.2) is 67.0 Å². The second-order valence-electron chi connectivity index (χ2n) is 7.12. The van der Waals surface area contributed by atoms with Gasteiger partial charge < -0.3 is 9.64 Å². The molecule has 0 radical (unpaired) electrons. The number of hydrogen-bond acceptors (Lipinski definition) is 4. The van der Waals surface area contributed by atoms with Crippen molar-refractivity contribution in [2.24, 2.45) is 0 Å². The Morgan fingerprint density at radius 2 is 2.00 bits per heavy atom. The van der Waals surface area contributed by atoms with Crippen LogP contribution in [-0.2, 0) is 4.79 Å². The van der Waals surface area contributed by atoms with Crippen molar-refractivity contribution in [3.63, 3.8) is 0 Å². The highest BCUT2D eigenvalue weighted by Crippen LogP contribution is 2.28. The second kappa shape index (κ2) is 9.05. The van der Waals surface area contributed by atoms with E-state index in [9.17, 15) is 4.79 Å². The highest BCUT2D eigenvalue weighted by molar-refractivity contribution is 6.30. The third kappa shape index (κ3) is 4.93. The number of benzene rings is 2. The van der Waals surface area contributed by atoms with Gasteiger partial charge in [0.25, 0.3) is 5.91 Å². The Morgan fingerprint density at radius 1 is 1.14 bits per heavy atom. The summed E-state index contributed by atoms with van der Waals surface area (Å²) >= 11 is 6.11. The number of rotatable bonds is 5. The molecule has 0 N–H and O–H groups in total. The lowest BCUT2D eigenvalue weighted by Crippen LogP contribution is -2.41. The number of nitrogens with zero attached hydrogens (tertiary/aromatic N) is 3. The molecule has 5 nitrogen and oxygen atoms in total. The van der Waals surface area contributed by atoms with Crippen molar-refractivity contribution in [1.29, 1.82) is 0 Å². The summed E-state index contributed by atoms with van der Waals surface area (Å²) in [6.07, 6.45) is 5.46. The molecule has 148 valence electrons. The average molecular weight is 408 g/mol. The van der Waals surface area contributed by atoms with Gasteiger partial charge in [-0.3, -0.25) is 9.78 Å². The van der Waals surface area contributed by atoms with Gasteiger partial charge in [-0.1, -0.05) is 41.9 Å². The zero-order valence-corrected chi connectivity index (χ0v) is 16.8. The molecule has 0 saturated carbocycles. The van der Waals surface area contributed by atoms with Gasteiger partial charge in [0.05, 0.1) is 17.6 Å². The molecule has 1 atom stereocenters. The SMILES string of the molecule is O=C(COc1ccccc1)N1CCCC(c2cncc(-c3cccc(Cl)c3)n2)C1. The number of amides is 1. The zero-order chi connectivity index (χ0) is 20.1. The standard InChI is InChI=1S/C23H22ClN3O2/c24-19-8-4-6-17(12-19)21-13-25-14-22(26-21)18-7-5-11-27(15-18)23(28)16-29-20-9-2-1-3-10-20/h1-4,6,8-10,12-14,18H,5,7,11,15-16H2. The van der Waals surface area contributed by atoms with Crippen LogP contribution in [0.5, 0.6) is 5.75 Å². The van der Waals surface area contributed by atoms with Crippen LogP contribution in [0.2, 0.25) is 5.02 Å². The molecule has 1 amide bonds. The topological polar surface area (TPSA) is 55.3 Å². The Kier molecular flexibility index (Phi) is 6.06. The van der Waals surface area contributed by atoms with E-state index in [0.717, 1.165) is 36.3 Å². The van der Waals surface area contributed by atoms with Crippen LogP contribution in [-0.4, -0.2) is 40.5 Å². The van der Waals surface area contributed by atoms with Crippen molar-refractivity contribution in [3.05, 3.63) is 77.7 Å². The van der Waals surface area contributed by atoms with Gasteiger partial charge in [0.2, 0.25) is 0 Å². The van der Waals surface area contributed by atoms with Gasteiger partial charge in [0.1, 0.15) is 5.75 Å². The molecule has 1 aromatic heterocycles. The third-order valence-electron chi connectivity index (χ3n) is 5.07. The highest BCUT2D eigenvalue weighted by Gasteiger charge is 2.26. The van der Waals surface area contributed by atoms with Crippen LogP contribution in [0.3, 0.4) is 0 Å². The highest BCUT2D eigenvalue weighted by atomic mass is 35.5. The molecule has 1 aliphatic rings. The Morgan fingerprint density at radius 3 is 2.83 bits per heavy atom. The summed E-state index contributed by atoms with van der Waals surface area (Å²) in [6, 6.07) is 17.0. The smallest absolute Gasteiger partial charge is 0.260 e. The average Bonchev–Trinajstić information content (AvgIpc) is 2.78. The molecule has 0 bridgehead atoms. The molecule has 29 heavy (non-hydrogen) atoms. The molecule has 1 unspecified atom stereocenters. The summed E-state index contributed by atoms with van der Waals surface area (Å²) in [5.74, 6) is 0.864. The number of carbonyl (C=O) groups is 1. The number of piperidine rings is 1. The molecule has 3 aromatic rings. The number of halogens is 1. The molecule has 2 heterocycles. The summed E-state index contributed by atoms with van der Waals surface area (Å²) < 4.78 is 5.62. The van der Waals surface area contributed by atoms with Crippen LogP contribution < -0.4 is 4.74 Å². The lowest BCUT2D eigenvalue weighted by molar-refractivity contribution is -0.134. The molecule has 1 aliphatic heterocycles. The molecule has 2 aromatic carbocycles. The van der Waals surface area contributed by atoms with Crippen molar-refractivity contribution in [2.75, 3.05) is 19.7 Å². The van der Waals surface area contributed by atoms with Crippen molar-refractivity contribution < 1.29 is 9.53 Å². The van der Waals surface area contributed by atoms with E-state index in [1.165, 1.54) is 0 Å². The summed E-state index contributed by atoms with van der Waals surface area (Å²) in [6.45, 7) is 1.42. The Labute approximate surface area is 175 Å². The van der Waals surface area contributed by atoms with Gasteiger partial charge in [0.15, 0.2) is 6.61 Å². The van der Waals surface area contributed by atoms with E-state index < -0.39 is 0 Å². The van der Waals surface area contributed by atoms with Crippen LogP contribution in [0.4, 0.5) is 0 Å². The van der Waals surface area contributed by atoms with Crippen LogP contribution in [0, 0.1) is 0 Å². The Hall–Kier alpha value is -2.92. The number of ether oxygens (including phenoxy) is 1. The summed E-state index contributed by atoms with van der Waals surface area (Å²) in [5, 5.41) is 0.669. The zero-order valence-electron chi connectivity index (χ0n) is 16.0. The van der Waals surface area contributed by atoms with E-state index in [0.29, 0.717) is 17.3 Å². The van der Waals surface area contributed by atoms with Crippen molar-refractivity contribution >= 4 is 17.5 Å². The van der Waals surface area contributed by atoms with Gasteiger partial charge in [-0.15, -0.1) is 0 Å². The number of para-hydroxylation sites is 1. The van der Waals surface area contributed by atoms with Crippen LogP contribution in [0.25, 0.3) is 11.3 Å². The van der Waals surface area contributed by atoms with Gasteiger partial charge >= 0.3 is 0 Å². The Balaban J connectivity index is 1.43. The second-order valence-corrected chi connectivity index (χ2v) is 7.56. The summed E-state index contributed by atoms with van der Waals surface area (Å²) in [7, 11) is 0. The first kappa shape index (κ1) is 19.4. The fourth-order valence-electron chi connectivity index (χ4n) is 3.56. The number of carbonyl (C=O) groups excluding carboxylic acids is 1. The summed E-state index contributed by atoms with van der Waals surface area (Å²) in [5.41, 5.74) is 2.64. The third-order valence-corrected chi connectivity index (χ3v) is 5.31. The maximum atomic E-state index is 12.6. The first-order valence-corrected chi connectivity index (χ1v) is 10.1. The fraction of sp³-hybridized carbons (Fsp3) is 0.261. The molecule has 4 rings (SSSR count). The maximum Gasteiger partial charge on any atom is 0.260 e. The van der Waals surface area contributed by atoms with E-state index >= 15 is 0 Å². The van der Waals surface area contributed by atoms with E-state index in [4.69, 9.17) is 21.3 Å². The minimum Gasteiger partial charge on any atom is -0.484 e. The van der Waals surface area contributed by atoms with Gasteiger partial charge in [-0.25, -0.2) is 4.98 Å². The normalized spacial score (nSPS) is 16.4. The van der Waals surface area contributed by atoms with E-state index in [2.05, 4.69) is 4.98 Å². The number of aromatic nitrogens is 2. The van der Waals surface area contributed by atoms with E-state index in [1.54, 1.807) is 12.4 Å². The minimum absolute atomic E-state index is 0.00231. The maximum absolute atomic E-state index is 12.6. The molecular weight excluding hydrogens is 386 g/mol. The van der Waals surface area contributed by atoms with E-state index in [-0.39, 0.29) is 18.4 Å². The lowest BCUT2D eigenvalue weighted by atomic mass is 9.94. The first-order valence-electron chi connectivity index (χ1n) is 9.72. The minimum atomic E-state index is -0.00231. The molecular formula is C23H22ClN3O2. The molecule has 0 aliphatic carbocycles. The van der Waals surface area contributed by atoms with Crippen LogP contribution in [0.1, 0.15) is 24.5 Å². The van der Waals surface area contributed by atoms with Gasteiger partial charge in [-0.2, -0.15) is 0 Å². The molecule has 1 fully saturated rings. The van der Waals surface area contributed by atoms with Gasteiger partial charge in [0, 0.05) is 35.8 Å². The Bertz CT molecular complexity index is 981.